The van der Waals surface area contributed by atoms with Crippen molar-refractivity contribution in [2.45, 2.75) is 26.3 Å². The molecule has 2 amide bonds. The molecule has 5 heteroatoms. The van der Waals surface area contributed by atoms with E-state index in [4.69, 9.17) is 11.6 Å². The highest BCUT2D eigenvalue weighted by Crippen LogP contribution is 2.35. The Balaban J connectivity index is 2.58. The molecule has 1 aliphatic rings. The van der Waals surface area contributed by atoms with E-state index < -0.39 is 22.6 Å². The Morgan fingerprint density at radius 3 is 1.89 bits per heavy atom. The lowest BCUT2D eigenvalue weighted by Gasteiger charge is -2.37. The number of carbonyl (C=O) groups is 3. The summed E-state index contributed by atoms with van der Waals surface area (Å²) in [4.78, 5) is 37.5. The van der Waals surface area contributed by atoms with Gasteiger partial charge in [-0.3, -0.25) is 19.3 Å². The number of imide groups is 1. The van der Waals surface area contributed by atoms with Gasteiger partial charge in [0.05, 0.1) is 11.1 Å². The van der Waals surface area contributed by atoms with Crippen molar-refractivity contribution in [2.24, 2.45) is 5.92 Å². The number of fused-ring (bicyclic) bond motifs is 1. The summed E-state index contributed by atoms with van der Waals surface area (Å²) < 4.78 is 0. The third-order valence-electron chi connectivity index (χ3n) is 3.78. The molecule has 0 saturated heterocycles. The summed E-state index contributed by atoms with van der Waals surface area (Å²) in [6, 6.07) is 6.52. The average molecular weight is 280 g/mol. The fraction of sp³-hybridized carbons (Fsp3) is 0.357. The van der Waals surface area contributed by atoms with Crippen molar-refractivity contribution >= 4 is 28.7 Å². The van der Waals surface area contributed by atoms with Crippen molar-refractivity contribution in [3.05, 3.63) is 35.4 Å². The van der Waals surface area contributed by atoms with Gasteiger partial charge in [-0.2, -0.15) is 0 Å². The fourth-order valence-electron chi connectivity index (χ4n) is 2.18. The molecule has 1 aromatic rings. The van der Waals surface area contributed by atoms with Gasteiger partial charge in [-0.05, 0) is 36.6 Å². The van der Waals surface area contributed by atoms with Crippen molar-refractivity contribution in [1.82, 2.24) is 4.90 Å². The van der Waals surface area contributed by atoms with Gasteiger partial charge >= 0.3 is 0 Å². The van der Waals surface area contributed by atoms with Gasteiger partial charge in [-0.1, -0.05) is 26.0 Å². The van der Waals surface area contributed by atoms with Crippen LogP contribution in [0.1, 0.15) is 41.5 Å². The Hall–Kier alpha value is -1.68. The van der Waals surface area contributed by atoms with E-state index in [2.05, 4.69) is 0 Å². The first-order valence-electron chi connectivity index (χ1n) is 5.99. The van der Waals surface area contributed by atoms with Crippen LogP contribution in [0.25, 0.3) is 0 Å². The molecule has 19 heavy (non-hydrogen) atoms. The van der Waals surface area contributed by atoms with Crippen LogP contribution in [0.4, 0.5) is 0 Å². The highest BCUT2D eigenvalue weighted by atomic mass is 35.5. The van der Waals surface area contributed by atoms with E-state index in [1.54, 1.807) is 38.1 Å². The predicted molar refractivity (Wildman–Crippen MR) is 71.0 cm³/mol. The van der Waals surface area contributed by atoms with Crippen LogP contribution < -0.4 is 0 Å². The lowest BCUT2D eigenvalue weighted by Crippen LogP contribution is -2.57. The lowest BCUT2D eigenvalue weighted by atomic mass is 9.88. The van der Waals surface area contributed by atoms with E-state index >= 15 is 0 Å². The normalized spacial score (nSPS) is 17.6. The van der Waals surface area contributed by atoms with Crippen LogP contribution in [-0.4, -0.2) is 27.5 Å². The Bertz CT molecular complexity index is 547. The number of hydrogen-bond donors (Lipinski definition) is 0. The summed E-state index contributed by atoms with van der Waals surface area (Å²) in [5, 5.41) is -0.711. The molecule has 1 aliphatic heterocycles. The standard InChI is InChI=1S/C14H14ClNO3/c1-8(2)14(3,13(15)19)16-11(17)9-6-4-5-7-10(9)12(16)18/h4-8H,1-3H3. The van der Waals surface area contributed by atoms with E-state index in [0.29, 0.717) is 11.1 Å². The molecule has 0 radical (unpaired) electrons. The quantitative estimate of drug-likeness (QED) is 0.631. The minimum absolute atomic E-state index is 0.278. The van der Waals surface area contributed by atoms with Gasteiger partial charge < -0.3 is 0 Å². The number of benzene rings is 1. The SMILES string of the molecule is CC(C)C(C)(C(=O)Cl)N1C(=O)c2ccccc2C1=O. The minimum Gasteiger partial charge on any atom is -0.279 e. The molecule has 0 saturated carbocycles. The maximum atomic E-state index is 12.4. The topological polar surface area (TPSA) is 54.5 Å². The van der Waals surface area contributed by atoms with Gasteiger partial charge in [0, 0.05) is 0 Å². The number of halogens is 1. The molecule has 0 N–H and O–H groups in total. The lowest BCUT2D eigenvalue weighted by molar-refractivity contribution is -0.121. The van der Waals surface area contributed by atoms with Crippen molar-refractivity contribution in [3.63, 3.8) is 0 Å². The molecule has 1 atom stereocenters. The van der Waals surface area contributed by atoms with Gasteiger partial charge in [0.15, 0.2) is 0 Å². The van der Waals surface area contributed by atoms with E-state index in [-0.39, 0.29) is 5.92 Å². The van der Waals surface area contributed by atoms with Crippen LogP contribution in [0.2, 0.25) is 0 Å². The molecule has 0 spiro atoms. The molecule has 2 rings (SSSR count). The van der Waals surface area contributed by atoms with Crippen molar-refractivity contribution < 1.29 is 14.4 Å². The molecular formula is C14H14ClNO3. The summed E-state index contributed by atoms with van der Waals surface area (Å²) in [7, 11) is 0. The zero-order valence-corrected chi connectivity index (χ0v) is 11.7. The Kier molecular flexibility index (Phi) is 3.22. The highest BCUT2D eigenvalue weighted by Gasteiger charge is 2.51. The first-order valence-corrected chi connectivity index (χ1v) is 6.37. The summed E-state index contributed by atoms with van der Waals surface area (Å²) in [6.07, 6.45) is 0. The molecule has 0 aromatic heterocycles. The highest BCUT2D eigenvalue weighted by molar-refractivity contribution is 6.66. The number of rotatable bonds is 3. The van der Waals surface area contributed by atoms with Crippen molar-refractivity contribution in [1.29, 1.82) is 0 Å². The van der Waals surface area contributed by atoms with Crippen LogP contribution in [0.15, 0.2) is 24.3 Å². The molecule has 1 unspecified atom stereocenters. The summed E-state index contributed by atoms with van der Waals surface area (Å²) in [5.74, 6) is -1.21. The van der Waals surface area contributed by atoms with Gasteiger partial charge in [0.25, 0.3) is 11.8 Å². The molecule has 0 fully saturated rings. The molecule has 0 bridgehead atoms. The molecule has 0 aliphatic carbocycles. The third kappa shape index (κ3) is 1.78. The monoisotopic (exact) mass is 279 g/mol. The number of amides is 2. The van der Waals surface area contributed by atoms with Crippen LogP contribution in [0.5, 0.6) is 0 Å². The minimum atomic E-state index is -1.34. The van der Waals surface area contributed by atoms with E-state index in [1.807, 2.05) is 0 Å². The molecular weight excluding hydrogens is 266 g/mol. The van der Waals surface area contributed by atoms with Crippen LogP contribution >= 0.6 is 11.6 Å². The van der Waals surface area contributed by atoms with Crippen molar-refractivity contribution in [3.8, 4) is 0 Å². The molecule has 1 heterocycles. The zero-order valence-electron chi connectivity index (χ0n) is 10.9. The summed E-state index contributed by atoms with van der Waals surface area (Å²) in [6.45, 7) is 5.03. The van der Waals surface area contributed by atoms with Crippen LogP contribution in [0.3, 0.4) is 0 Å². The predicted octanol–water partition coefficient (Wildman–Crippen LogP) is 2.46. The second-order valence-corrected chi connectivity index (χ2v) is 5.41. The Morgan fingerprint density at radius 2 is 1.58 bits per heavy atom. The third-order valence-corrected chi connectivity index (χ3v) is 4.16. The molecule has 4 nitrogen and oxygen atoms in total. The maximum Gasteiger partial charge on any atom is 0.262 e. The largest absolute Gasteiger partial charge is 0.279 e. The van der Waals surface area contributed by atoms with E-state index in [0.717, 1.165) is 4.90 Å². The Morgan fingerprint density at radius 1 is 1.16 bits per heavy atom. The molecule has 1 aromatic carbocycles. The van der Waals surface area contributed by atoms with Gasteiger partial charge in [0.1, 0.15) is 5.54 Å². The summed E-state index contributed by atoms with van der Waals surface area (Å²) >= 11 is 5.65. The second kappa shape index (κ2) is 4.46. The number of nitrogens with zero attached hydrogens (tertiary/aromatic N) is 1. The van der Waals surface area contributed by atoms with Crippen molar-refractivity contribution in [2.75, 3.05) is 0 Å². The zero-order chi connectivity index (χ0) is 14.4. The first-order chi connectivity index (χ1) is 8.81. The van der Waals surface area contributed by atoms with Gasteiger partial charge in [-0.25, -0.2) is 0 Å². The first kappa shape index (κ1) is 13.7. The van der Waals surface area contributed by atoms with Crippen LogP contribution in [-0.2, 0) is 4.79 Å². The van der Waals surface area contributed by atoms with Crippen LogP contribution in [0, 0.1) is 5.92 Å². The number of hydrogen-bond acceptors (Lipinski definition) is 3. The molecule has 100 valence electrons. The average Bonchev–Trinajstić information content (AvgIpc) is 2.61. The fourth-order valence-corrected chi connectivity index (χ4v) is 2.49. The van der Waals surface area contributed by atoms with Gasteiger partial charge in [-0.15, -0.1) is 0 Å². The van der Waals surface area contributed by atoms with E-state index in [9.17, 15) is 14.4 Å². The van der Waals surface area contributed by atoms with E-state index in [1.165, 1.54) is 6.92 Å². The Labute approximate surface area is 116 Å². The maximum absolute atomic E-state index is 12.4. The summed E-state index contributed by atoms with van der Waals surface area (Å²) in [5.41, 5.74) is -0.705. The number of carbonyl (C=O) groups excluding carboxylic acids is 3. The van der Waals surface area contributed by atoms with Gasteiger partial charge in [0.2, 0.25) is 5.24 Å². The smallest absolute Gasteiger partial charge is 0.262 e. The second-order valence-electron chi connectivity index (χ2n) is 5.07.